The topological polar surface area (TPSA) is 125 Å². The number of aliphatic hydroxyl groups is 2. The monoisotopic (exact) mass is 592 g/mol. The number of rotatable bonds is 9. The van der Waals surface area contributed by atoms with Gasteiger partial charge in [0, 0.05) is 35.7 Å². The van der Waals surface area contributed by atoms with Gasteiger partial charge in [-0.1, -0.05) is 12.8 Å². The highest BCUT2D eigenvalue weighted by Crippen LogP contribution is 2.61. The van der Waals surface area contributed by atoms with Gasteiger partial charge in [-0.25, -0.2) is 0 Å². The summed E-state index contributed by atoms with van der Waals surface area (Å²) in [5.74, 6) is 1.90. The summed E-state index contributed by atoms with van der Waals surface area (Å²) in [6, 6.07) is 2.54. The molecule has 232 valence electrons. The molecule has 5 fully saturated rings. The maximum atomic E-state index is 14.4. The van der Waals surface area contributed by atoms with Crippen LogP contribution in [-0.2, 0) is 9.59 Å². The van der Waals surface area contributed by atoms with Crippen molar-refractivity contribution in [1.82, 2.24) is 10.2 Å². The Balaban J connectivity index is 1.30. The van der Waals surface area contributed by atoms with E-state index in [2.05, 4.69) is 5.32 Å². The summed E-state index contributed by atoms with van der Waals surface area (Å²) in [5, 5.41) is 24.3. The number of aliphatic hydroxyl groups excluding tert-OH is 2. The van der Waals surface area contributed by atoms with Gasteiger partial charge >= 0.3 is 0 Å². The Morgan fingerprint density at radius 2 is 1.79 bits per heavy atom. The maximum Gasteiger partial charge on any atom is 0.247 e. The van der Waals surface area contributed by atoms with Gasteiger partial charge in [-0.15, -0.1) is 0 Å². The predicted octanol–water partition coefficient (Wildman–Crippen LogP) is 3.37. The molecule has 0 spiro atoms. The number of nitrogens with zero attached hydrogens (tertiary/aromatic N) is 1. The third-order valence-corrected chi connectivity index (χ3v) is 11.4. The Morgan fingerprint density at radius 1 is 1.12 bits per heavy atom. The summed E-state index contributed by atoms with van der Waals surface area (Å²) < 4.78 is 12.0. The van der Waals surface area contributed by atoms with E-state index in [-0.39, 0.29) is 36.3 Å². The molecule has 8 rings (SSSR count). The van der Waals surface area contributed by atoms with E-state index in [4.69, 9.17) is 9.47 Å². The number of carbonyl (C=O) groups excluding carboxylic acids is 3. The van der Waals surface area contributed by atoms with E-state index in [9.17, 15) is 24.6 Å². The van der Waals surface area contributed by atoms with Crippen LogP contribution in [0, 0.1) is 29.1 Å². The molecule has 9 nitrogen and oxygen atoms in total. The molecular formula is C34H44N2O7. The zero-order chi connectivity index (χ0) is 29.9. The lowest BCUT2D eigenvalue weighted by Gasteiger charge is -2.58. The number of hydrogen-bond acceptors (Lipinski definition) is 7. The van der Waals surface area contributed by atoms with Crippen molar-refractivity contribution in [3.63, 3.8) is 0 Å². The van der Waals surface area contributed by atoms with Gasteiger partial charge in [-0.05, 0) is 92.7 Å². The van der Waals surface area contributed by atoms with Gasteiger partial charge < -0.3 is 29.9 Å². The Morgan fingerprint density at radius 3 is 2.40 bits per heavy atom. The number of carbonyl (C=O) groups is 3. The Kier molecular flexibility index (Phi) is 7.53. The third kappa shape index (κ3) is 4.96. The van der Waals surface area contributed by atoms with Crippen molar-refractivity contribution in [2.75, 3.05) is 26.8 Å². The molecule has 4 atom stereocenters. The summed E-state index contributed by atoms with van der Waals surface area (Å²) in [7, 11) is 1.49. The van der Waals surface area contributed by atoms with Gasteiger partial charge in [0.05, 0.1) is 25.7 Å². The summed E-state index contributed by atoms with van der Waals surface area (Å²) in [4.78, 5) is 41.8. The standard InChI is InChI=1S/C34H44N2O7/c1-42-27-12-22(17-38)11-24-28-25(32(40)35-6-7-37)13-26(29(39)31(28)43-30(24)27)36(33(41)23-4-2-3-5-23)18-34-14-19-8-20(15-34)10-21(9-19)16-34/h11-13,17,19-21,23,26,28-29,31,37,39H,2-10,14-16,18H2,1H3,(H,35,40). The number of ether oxygens (including phenoxy) is 2. The SMILES string of the molecule is COc1cc(C=O)cc2c1OC1C2C(C(=O)NCCO)=CC(N(CC23CC4CC(CC(C4)C2)C3)C(=O)C2CCCC2)C1O. The molecule has 3 N–H and O–H groups in total. The molecular weight excluding hydrogens is 548 g/mol. The van der Waals surface area contributed by atoms with Crippen molar-refractivity contribution in [3.8, 4) is 11.5 Å². The Hall–Kier alpha value is -2.91. The van der Waals surface area contributed by atoms with Gasteiger partial charge in [-0.2, -0.15) is 0 Å². The molecule has 4 bridgehead atoms. The minimum atomic E-state index is -1.09. The molecule has 1 aromatic carbocycles. The third-order valence-electron chi connectivity index (χ3n) is 11.4. The minimum Gasteiger partial charge on any atom is -0.493 e. The van der Waals surface area contributed by atoms with Crippen LogP contribution in [0.1, 0.15) is 86.0 Å². The van der Waals surface area contributed by atoms with Crippen LogP contribution in [0.5, 0.6) is 11.5 Å². The zero-order valence-electron chi connectivity index (χ0n) is 25.0. The first-order chi connectivity index (χ1) is 20.8. The average Bonchev–Trinajstić information content (AvgIpc) is 3.67. The van der Waals surface area contributed by atoms with Crippen molar-refractivity contribution >= 4 is 18.1 Å². The summed E-state index contributed by atoms with van der Waals surface area (Å²) in [6.07, 6.45) is 11.6. The normalized spacial score (nSPS) is 35.5. The molecule has 43 heavy (non-hydrogen) atoms. The fourth-order valence-corrected chi connectivity index (χ4v) is 10.1. The number of hydrogen-bond donors (Lipinski definition) is 3. The van der Waals surface area contributed by atoms with Gasteiger partial charge in [0.1, 0.15) is 18.5 Å². The molecule has 6 aliphatic carbocycles. The number of nitrogens with one attached hydrogen (secondary N) is 1. The second kappa shape index (κ2) is 11.2. The molecule has 1 heterocycles. The minimum absolute atomic E-state index is 0.0499. The fraction of sp³-hybridized carbons (Fsp3) is 0.676. The van der Waals surface area contributed by atoms with Crippen LogP contribution in [0.3, 0.4) is 0 Å². The number of benzene rings is 1. The van der Waals surface area contributed by atoms with Crippen molar-refractivity contribution in [2.45, 2.75) is 88.4 Å². The Bertz CT molecular complexity index is 1280. The summed E-state index contributed by atoms with van der Waals surface area (Å²) >= 11 is 0. The van der Waals surface area contributed by atoms with Gasteiger partial charge in [0.2, 0.25) is 11.8 Å². The van der Waals surface area contributed by atoms with E-state index in [1.54, 1.807) is 18.2 Å². The van der Waals surface area contributed by atoms with E-state index in [0.29, 0.717) is 34.7 Å². The summed E-state index contributed by atoms with van der Waals surface area (Å²) in [6.45, 7) is 0.455. The van der Waals surface area contributed by atoms with E-state index in [1.165, 1.54) is 26.4 Å². The fourth-order valence-electron chi connectivity index (χ4n) is 10.1. The Labute approximate surface area is 253 Å². The molecule has 0 radical (unpaired) electrons. The highest BCUT2D eigenvalue weighted by Gasteiger charge is 2.55. The first-order valence-corrected chi connectivity index (χ1v) is 16.3. The molecule has 7 aliphatic rings. The molecule has 2 amide bonds. The average molecular weight is 593 g/mol. The van der Waals surface area contributed by atoms with E-state index in [0.717, 1.165) is 69.0 Å². The maximum absolute atomic E-state index is 14.4. The van der Waals surface area contributed by atoms with Gasteiger partial charge in [0.25, 0.3) is 0 Å². The van der Waals surface area contributed by atoms with Crippen LogP contribution in [-0.4, -0.2) is 78.3 Å². The second-order valence-corrected chi connectivity index (χ2v) is 14.3. The number of methoxy groups -OCH3 is 1. The first kappa shape index (κ1) is 28.8. The van der Waals surface area contributed by atoms with E-state index in [1.807, 2.05) is 4.90 Å². The quantitative estimate of drug-likeness (QED) is 0.376. The van der Waals surface area contributed by atoms with Crippen LogP contribution in [0.25, 0.3) is 0 Å². The van der Waals surface area contributed by atoms with Crippen molar-refractivity contribution in [3.05, 3.63) is 34.9 Å². The lowest BCUT2D eigenvalue weighted by molar-refractivity contribution is -0.149. The van der Waals surface area contributed by atoms with Gasteiger partial charge in [0.15, 0.2) is 11.5 Å². The van der Waals surface area contributed by atoms with Crippen LogP contribution in [0.15, 0.2) is 23.8 Å². The highest BCUT2D eigenvalue weighted by molar-refractivity contribution is 5.96. The zero-order valence-corrected chi connectivity index (χ0v) is 25.0. The molecule has 5 saturated carbocycles. The lowest BCUT2D eigenvalue weighted by Crippen LogP contribution is -2.60. The predicted molar refractivity (Wildman–Crippen MR) is 158 cm³/mol. The molecule has 0 saturated heterocycles. The number of aldehydes is 1. The number of amides is 2. The van der Waals surface area contributed by atoms with Crippen LogP contribution in [0.4, 0.5) is 0 Å². The van der Waals surface area contributed by atoms with Crippen molar-refractivity contribution in [2.24, 2.45) is 29.1 Å². The molecule has 1 aromatic rings. The van der Waals surface area contributed by atoms with Gasteiger partial charge in [-0.3, -0.25) is 14.4 Å². The highest BCUT2D eigenvalue weighted by atomic mass is 16.5. The summed E-state index contributed by atoms with van der Waals surface area (Å²) in [5.41, 5.74) is 1.41. The largest absolute Gasteiger partial charge is 0.493 e. The molecule has 9 heteroatoms. The van der Waals surface area contributed by atoms with Crippen molar-refractivity contribution in [1.29, 1.82) is 0 Å². The molecule has 0 aromatic heterocycles. The molecule has 4 unspecified atom stereocenters. The smallest absolute Gasteiger partial charge is 0.247 e. The van der Waals surface area contributed by atoms with Crippen LogP contribution >= 0.6 is 0 Å². The van der Waals surface area contributed by atoms with Crippen LogP contribution in [0.2, 0.25) is 0 Å². The van der Waals surface area contributed by atoms with E-state index >= 15 is 0 Å². The van der Waals surface area contributed by atoms with E-state index < -0.39 is 24.2 Å². The lowest BCUT2D eigenvalue weighted by atomic mass is 9.49. The number of fused-ring (bicyclic) bond motifs is 3. The van der Waals surface area contributed by atoms with Crippen LogP contribution < -0.4 is 14.8 Å². The second-order valence-electron chi connectivity index (χ2n) is 14.3. The molecule has 1 aliphatic heterocycles. The van der Waals surface area contributed by atoms with Crippen molar-refractivity contribution < 1.29 is 34.1 Å². The first-order valence-electron chi connectivity index (χ1n) is 16.3.